The SMILES string of the molecule is O=C(O)C(Cc1ccccc1)SCC(O)CC1CCCC1. The second-order valence-electron chi connectivity index (χ2n) is 5.89. The van der Waals surface area contributed by atoms with Gasteiger partial charge in [0.2, 0.25) is 0 Å². The molecule has 4 heteroatoms. The molecular formula is C17H24O3S. The first-order valence-corrected chi connectivity index (χ1v) is 8.76. The van der Waals surface area contributed by atoms with E-state index in [-0.39, 0.29) is 6.10 Å². The van der Waals surface area contributed by atoms with Gasteiger partial charge < -0.3 is 10.2 Å². The van der Waals surface area contributed by atoms with Gasteiger partial charge in [-0.1, -0.05) is 56.0 Å². The number of hydrogen-bond donors (Lipinski definition) is 2. The fraction of sp³-hybridized carbons (Fsp3) is 0.588. The molecule has 0 aromatic heterocycles. The van der Waals surface area contributed by atoms with Gasteiger partial charge in [-0.3, -0.25) is 4.79 Å². The van der Waals surface area contributed by atoms with Crippen molar-refractivity contribution in [2.45, 2.75) is 49.9 Å². The van der Waals surface area contributed by atoms with Gasteiger partial charge in [-0.15, -0.1) is 11.8 Å². The van der Waals surface area contributed by atoms with E-state index in [0.29, 0.717) is 18.1 Å². The molecule has 116 valence electrons. The van der Waals surface area contributed by atoms with Crippen molar-refractivity contribution in [2.75, 3.05) is 5.75 Å². The molecule has 1 aromatic rings. The van der Waals surface area contributed by atoms with Gasteiger partial charge in [-0.2, -0.15) is 0 Å². The van der Waals surface area contributed by atoms with E-state index in [0.717, 1.165) is 12.0 Å². The van der Waals surface area contributed by atoms with Crippen LogP contribution in [0.3, 0.4) is 0 Å². The molecule has 1 aliphatic rings. The second kappa shape index (κ2) is 8.44. The number of hydrogen-bond acceptors (Lipinski definition) is 3. The monoisotopic (exact) mass is 308 g/mol. The fourth-order valence-electron chi connectivity index (χ4n) is 2.97. The molecule has 0 aliphatic heterocycles. The molecule has 0 heterocycles. The maximum atomic E-state index is 11.4. The van der Waals surface area contributed by atoms with Crippen molar-refractivity contribution in [3.8, 4) is 0 Å². The van der Waals surface area contributed by atoms with E-state index in [1.165, 1.54) is 37.4 Å². The lowest BCUT2D eigenvalue weighted by Crippen LogP contribution is -2.23. The van der Waals surface area contributed by atoms with E-state index < -0.39 is 11.2 Å². The second-order valence-corrected chi connectivity index (χ2v) is 7.13. The molecular weight excluding hydrogens is 284 g/mol. The highest BCUT2D eigenvalue weighted by Gasteiger charge is 2.23. The van der Waals surface area contributed by atoms with Crippen molar-refractivity contribution in [1.29, 1.82) is 0 Å². The third-order valence-electron chi connectivity index (χ3n) is 4.11. The molecule has 2 unspecified atom stereocenters. The molecule has 0 saturated heterocycles. The first-order valence-electron chi connectivity index (χ1n) is 7.71. The summed E-state index contributed by atoms with van der Waals surface area (Å²) >= 11 is 1.37. The topological polar surface area (TPSA) is 57.5 Å². The van der Waals surface area contributed by atoms with Gasteiger partial charge in [0.25, 0.3) is 0 Å². The van der Waals surface area contributed by atoms with Gasteiger partial charge in [-0.05, 0) is 24.3 Å². The van der Waals surface area contributed by atoms with E-state index in [2.05, 4.69) is 0 Å². The maximum Gasteiger partial charge on any atom is 0.316 e. The van der Waals surface area contributed by atoms with E-state index in [4.69, 9.17) is 0 Å². The molecule has 3 nitrogen and oxygen atoms in total. The number of aliphatic carboxylic acids is 1. The van der Waals surface area contributed by atoms with E-state index in [1.807, 2.05) is 30.3 Å². The van der Waals surface area contributed by atoms with E-state index >= 15 is 0 Å². The normalized spacial score (nSPS) is 18.5. The highest BCUT2D eigenvalue weighted by Crippen LogP contribution is 2.29. The first-order chi connectivity index (χ1) is 10.1. The van der Waals surface area contributed by atoms with Crippen LogP contribution < -0.4 is 0 Å². The van der Waals surface area contributed by atoms with Gasteiger partial charge in [0.05, 0.1) is 6.10 Å². The van der Waals surface area contributed by atoms with Crippen LogP contribution in [0.25, 0.3) is 0 Å². The number of carboxylic acid groups (broad SMARTS) is 1. The molecule has 0 radical (unpaired) electrons. The lowest BCUT2D eigenvalue weighted by molar-refractivity contribution is -0.136. The molecule has 1 saturated carbocycles. The molecule has 1 aliphatic carbocycles. The Morgan fingerprint density at radius 1 is 1.24 bits per heavy atom. The lowest BCUT2D eigenvalue weighted by atomic mass is 10.0. The van der Waals surface area contributed by atoms with Crippen LogP contribution in [0.2, 0.25) is 0 Å². The van der Waals surface area contributed by atoms with Crippen LogP contribution in [0, 0.1) is 5.92 Å². The van der Waals surface area contributed by atoms with Gasteiger partial charge in [0, 0.05) is 5.75 Å². The number of benzene rings is 1. The molecule has 2 rings (SSSR count). The van der Waals surface area contributed by atoms with Crippen LogP contribution >= 0.6 is 11.8 Å². The lowest BCUT2D eigenvalue weighted by Gasteiger charge is -2.18. The summed E-state index contributed by atoms with van der Waals surface area (Å²) in [6.07, 6.45) is 5.94. The predicted octanol–water partition coefficient (Wildman–Crippen LogP) is 3.36. The van der Waals surface area contributed by atoms with Crippen LogP contribution in [0.15, 0.2) is 30.3 Å². The Morgan fingerprint density at radius 2 is 1.90 bits per heavy atom. The zero-order valence-corrected chi connectivity index (χ0v) is 13.1. The first kappa shape index (κ1) is 16.4. The largest absolute Gasteiger partial charge is 0.480 e. The van der Waals surface area contributed by atoms with Crippen LogP contribution in [0.5, 0.6) is 0 Å². The molecule has 2 N–H and O–H groups in total. The summed E-state index contributed by atoms with van der Waals surface area (Å²) in [6.45, 7) is 0. The zero-order chi connectivity index (χ0) is 15.1. The molecule has 0 amide bonds. The van der Waals surface area contributed by atoms with Gasteiger partial charge in [0.15, 0.2) is 0 Å². The molecule has 2 atom stereocenters. The minimum absolute atomic E-state index is 0.379. The Morgan fingerprint density at radius 3 is 2.52 bits per heavy atom. The van der Waals surface area contributed by atoms with Gasteiger partial charge >= 0.3 is 5.97 Å². The van der Waals surface area contributed by atoms with Crippen molar-refractivity contribution >= 4 is 17.7 Å². The third-order valence-corrected chi connectivity index (χ3v) is 5.46. The van der Waals surface area contributed by atoms with Gasteiger partial charge in [-0.25, -0.2) is 0 Å². The minimum Gasteiger partial charge on any atom is -0.480 e. The van der Waals surface area contributed by atoms with E-state index in [9.17, 15) is 15.0 Å². The summed E-state index contributed by atoms with van der Waals surface area (Å²) in [5.41, 5.74) is 1.03. The summed E-state index contributed by atoms with van der Waals surface area (Å²) in [6, 6.07) is 9.68. The quantitative estimate of drug-likeness (QED) is 0.773. The standard InChI is InChI=1S/C17H24O3S/c18-15(10-13-8-4-5-9-13)12-21-16(17(19)20)11-14-6-2-1-3-7-14/h1-3,6-7,13,15-16,18H,4-5,8-12H2,(H,19,20). The van der Waals surface area contributed by atoms with Crippen LogP contribution in [-0.2, 0) is 11.2 Å². The summed E-state index contributed by atoms with van der Waals surface area (Å²) in [5.74, 6) is 0.357. The predicted molar refractivity (Wildman–Crippen MR) is 86.6 cm³/mol. The Kier molecular flexibility index (Phi) is 6.58. The van der Waals surface area contributed by atoms with Crippen molar-refractivity contribution in [2.24, 2.45) is 5.92 Å². The Labute approximate surface area is 130 Å². The molecule has 0 bridgehead atoms. The molecule has 21 heavy (non-hydrogen) atoms. The highest BCUT2D eigenvalue weighted by molar-refractivity contribution is 8.00. The zero-order valence-electron chi connectivity index (χ0n) is 12.3. The average Bonchev–Trinajstić information content (AvgIpc) is 2.97. The number of carbonyl (C=O) groups is 1. The van der Waals surface area contributed by atoms with Crippen molar-refractivity contribution in [3.63, 3.8) is 0 Å². The van der Waals surface area contributed by atoms with Crippen molar-refractivity contribution in [1.82, 2.24) is 0 Å². The Bertz CT molecular complexity index is 429. The van der Waals surface area contributed by atoms with Gasteiger partial charge in [0.1, 0.15) is 5.25 Å². The number of rotatable bonds is 8. The van der Waals surface area contributed by atoms with Crippen LogP contribution in [-0.4, -0.2) is 33.3 Å². The van der Waals surface area contributed by atoms with Crippen molar-refractivity contribution < 1.29 is 15.0 Å². The van der Waals surface area contributed by atoms with Crippen molar-refractivity contribution in [3.05, 3.63) is 35.9 Å². The number of thioether (sulfide) groups is 1. The number of aliphatic hydroxyl groups excluding tert-OH is 1. The maximum absolute atomic E-state index is 11.4. The third kappa shape index (κ3) is 5.71. The fourth-order valence-corrected chi connectivity index (χ4v) is 4.02. The summed E-state index contributed by atoms with van der Waals surface area (Å²) in [7, 11) is 0. The number of aliphatic hydroxyl groups is 1. The summed E-state index contributed by atoms with van der Waals surface area (Å²) in [5, 5.41) is 18.9. The van der Waals surface area contributed by atoms with E-state index in [1.54, 1.807) is 0 Å². The Hall–Kier alpha value is -1.00. The molecule has 1 aromatic carbocycles. The number of carboxylic acids is 1. The van der Waals surface area contributed by atoms with Crippen LogP contribution in [0.4, 0.5) is 0 Å². The van der Waals surface area contributed by atoms with Crippen LogP contribution in [0.1, 0.15) is 37.7 Å². The average molecular weight is 308 g/mol. The molecule has 0 spiro atoms. The highest BCUT2D eigenvalue weighted by atomic mass is 32.2. The minimum atomic E-state index is -0.795. The Balaban J connectivity index is 1.78. The smallest absolute Gasteiger partial charge is 0.316 e. The molecule has 1 fully saturated rings. The summed E-state index contributed by atoms with van der Waals surface area (Å²) in [4.78, 5) is 11.4. The summed E-state index contributed by atoms with van der Waals surface area (Å²) < 4.78 is 0.